The molecule has 128 valence electrons. The predicted molar refractivity (Wildman–Crippen MR) is 90.5 cm³/mol. The van der Waals surface area contributed by atoms with E-state index in [2.05, 4.69) is 44.5 Å². The normalized spacial score (nSPS) is 30.4. The average Bonchev–Trinajstić information content (AvgIpc) is 2.85. The fourth-order valence-corrected chi connectivity index (χ4v) is 4.44. The Morgan fingerprint density at radius 3 is 2.73 bits per heavy atom. The van der Waals surface area contributed by atoms with Crippen LogP contribution < -0.4 is 10.6 Å². The summed E-state index contributed by atoms with van der Waals surface area (Å²) in [5.74, 6) is 0.118. The zero-order chi connectivity index (χ0) is 16.4. The average molecular weight is 329 g/mol. The summed E-state index contributed by atoms with van der Waals surface area (Å²) >= 11 is 0. The number of nitrogens with one attached hydrogen (secondary N) is 2. The zero-order valence-electron chi connectivity index (χ0n) is 14.8. The molecule has 1 amide bonds. The summed E-state index contributed by atoms with van der Waals surface area (Å²) in [5.41, 5.74) is -0.277. The molecule has 0 aliphatic carbocycles. The van der Waals surface area contributed by atoms with Crippen molar-refractivity contribution in [3.8, 4) is 0 Å². The lowest BCUT2D eigenvalue weighted by atomic mass is 10.0. The van der Waals surface area contributed by atoms with Crippen molar-refractivity contribution in [1.82, 2.24) is 10.6 Å². The summed E-state index contributed by atoms with van der Waals surface area (Å²) in [5, 5.41) is 6.53. The highest BCUT2D eigenvalue weighted by Crippen LogP contribution is 2.40. The molecule has 2 fully saturated rings. The Kier molecular flexibility index (Phi) is 5.37. The molecule has 1 unspecified atom stereocenters. The first kappa shape index (κ1) is 17.9. The third-order valence-electron chi connectivity index (χ3n) is 5.30. The van der Waals surface area contributed by atoms with Crippen molar-refractivity contribution in [2.75, 3.05) is 26.3 Å². The molecule has 0 bridgehead atoms. The third kappa shape index (κ3) is 4.10. The highest BCUT2D eigenvalue weighted by molar-refractivity contribution is 6.74. The first-order valence-electron chi connectivity index (χ1n) is 8.44. The van der Waals surface area contributed by atoms with Gasteiger partial charge in [-0.25, -0.2) is 0 Å². The second-order valence-electron chi connectivity index (χ2n) is 8.21. The molecule has 0 aromatic carbocycles. The standard InChI is InChI=1S/C16H32N2O3Si/c1-15(2,3)22(4,5)21-16(8-10-20-12-16)11-18-13-7-6-9-17-14(13)19/h13,18H,6-12H2,1-5H3,(H,17,19)/t13-,16?/m0/s1. The van der Waals surface area contributed by atoms with E-state index < -0.39 is 8.32 Å². The van der Waals surface area contributed by atoms with Crippen LogP contribution in [-0.2, 0) is 14.0 Å². The number of amides is 1. The quantitative estimate of drug-likeness (QED) is 0.758. The number of ether oxygens (including phenoxy) is 1. The molecule has 2 rings (SSSR count). The van der Waals surface area contributed by atoms with Crippen molar-refractivity contribution < 1.29 is 14.0 Å². The molecule has 6 heteroatoms. The van der Waals surface area contributed by atoms with Gasteiger partial charge >= 0.3 is 0 Å². The minimum Gasteiger partial charge on any atom is -0.408 e. The topological polar surface area (TPSA) is 59.6 Å². The van der Waals surface area contributed by atoms with E-state index in [-0.39, 0.29) is 22.6 Å². The molecule has 2 N–H and O–H groups in total. The molecule has 22 heavy (non-hydrogen) atoms. The summed E-state index contributed by atoms with van der Waals surface area (Å²) < 4.78 is 12.3. The van der Waals surface area contributed by atoms with Crippen LogP contribution >= 0.6 is 0 Å². The monoisotopic (exact) mass is 328 g/mol. The largest absolute Gasteiger partial charge is 0.408 e. The van der Waals surface area contributed by atoms with Gasteiger partial charge < -0.3 is 19.8 Å². The van der Waals surface area contributed by atoms with Gasteiger partial charge in [0.15, 0.2) is 8.32 Å². The van der Waals surface area contributed by atoms with Crippen molar-refractivity contribution in [3.63, 3.8) is 0 Å². The van der Waals surface area contributed by atoms with E-state index in [0.717, 1.165) is 32.4 Å². The maximum absolute atomic E-state index is 11.9. The van der Waals surface area contributed by atoms with Crippen LogP contribution in [0, 0.1) is 0 Å². The molecule has 0 aromatic heterocycles. The lowest BCUT2D eigenvalue weighted by molar-refractivity contribution is -0.124. The third-order valence-corrected chi connectivity index (χ3v) is 9.86. The summed E-state index contributed by atoms with van der Waals surface area (Å²) in [4.78, 5) is 11.9. The van der Waals surface area contributed by atoms with Crippen LogP contribution in [0.15, 0.2) is 0 Å². The van der Waals surface area contributed by atoms with Crippen molar-refractivity contribution in [3.05, 3.63) is 0 Å². The van der Waals surface area contributed by atoms with Gasteiger partial charge in [0.2, 0.25) is 5.91 Å². The fraction of sp³-hybridized carbons (Fsp3) is 0.938. The van der Waals surface area contributed by atoms with Crippen molar-refractivity contribution in [1.29, 1.82) is 0 Å². The Labute approximate surface area is 135 Å². The summed E-state index contributed by atoms with van der Waals surface area (Å²) in [6, 6.07) is -0.0887. The van der Waals surface area contributed by atoms with Gasteiger partial charge in [0.25, 0.3) is 0 Å². The predicted octanol–water partition coefficient (Wildman–Crippen LogP) is 2.04. The summed E-state index contributed by atoms with van der Waals surface area (Å²) in [7, 11) is -1.87. The minimum atomic E-state index is -1.87. The molecule has 0 radical (unpaired) electrons. The van der Waals surface area contributed by atoms with Gasteiger partial charge in [0.05, 0.1) is 18.2 Å². The van der Waals surface area contributed by atoms with Gasteiger partial charge in [-0.15, -0.1) is 0 Å². The van der Waals surface area contributed by atoms with E-state index in [9.17, 15) is 4.79 Å². The van der Waals surface area contributed by atoms with E-state index in [0.29, 0.717) is 13.2 Å². The van der Waals surface area contributed by atoms with Crippen LogP contribution in [0.25, 0.3) is 0 Å². The van der Waals surface area contributed by atoms with Crippen molar-refractivity contribution in [2.24, 2.45) is 0 Å². The molecule has 2 saturated heterocycles. The molecule has 0 saturated carbocycles. The zero-order valence-corrected chi connectivity index (χ0v) is 15.8. The Hall–Kier alpha value is -0.433. The van der Waals surface area contributed by atoms with Gasteiger partial charge in [-0.05, 0) is 31.0 Å². The van der Waals surface area contributed by atoms with Crippen LogP contribution in [0.5, 0.6) is 0 Å². The number of hydrogen-bond donors (Lipinski definition) is 2. The van der Waals surface area contributed by atoms with Crippen LogP contribution in [0.4, 0.5) is 0 Å². The van der Waals surface area contributed by atoms with Crippen molar-refractivity contribution in [2.45, 2.75) is 69.8 Å². The Morgan fingerprint density at radius 2 is 2.18 bits per heavy atom. The maximum Gasteiger partial charge on any atom is 0.237 e. The number of carbonyl (C=O) groups excluding carboxylic acids is 1. The van der Waals surface area contributed by atoms with Gasteiger partial charge in [-0.2, -0.15) is 0 Å². The van der Waals surface area contributed by atoms with Crippen LogP contribution in [-0.4, -0.2) is 52.2 Å². The van der Waals surface area contributed by atoms with Crippen LogP contribution in [0.3, 0.4) is 0 Å². The summed E-state index contributed by atoms with van der Waals surface area (Å²) in [6.45, 7) is 14.2. The Balaban J connectivity index is 2.01. The number of hydrogen-bond acceptors (Lipinski definition) is 4. The second-order valence-corrected chi connectivity index (χ2v) is 12.9. The first-order chi connectivity index (χ1) is 10.2. The lowest BCUT2D eigenvalue weighted by Gasteiger charge is -2.44. The van der Waals surface area contributed by atoms with E-state index in [4.69, 9.17) is 9.16 Å². The molecule has 0 aromatic rings. The highest BCUT2D eigenvalue weighted by atomic mass is 28.4. The van der Waals surface area contributed by atoms with Crippen LogP contribution in [0.2, 0.25) is 18.1 Å². The highest BCUT2D eigenvalue weighted by Gasteiger charge is 2.47. The van der Waals surface area contributed by atoms with Gasteiger partial charge in [-0.3, -0.25) is 4.79 Å². The molecular formula is C16H32N2O3Si. The molecule has 2 aliphatic heterocycles. The smallest absolute Gasteiger partial charge is 0.237 e. The first-order valence-corrected chi connectivity index (χ1v) is 11.4. The molecule has 5 nitrogen and oxygen atoms in total. The minimum absolute atomic E-state index is 0.0887. The number of rotatable bonds is 5. The van der Waals surface area contributed by atoms with E-state index >= 15 is 0 Å². The van der Waals surface area contributed by atoms with E-state index in [1.54, 1.807) is 0 Å². The molecule has 2 heterocycles. The SMILES string of the molecule is CC(C)(C)[Si](C)(C)OC1(CN[C@H]2CCCNC2=O)CCOC1. The van der Waals surface area contributed by atoms with Crippen molar-refractivity contribution >= 4 is 14.2 Å². The van der Waals surface area contributed by atoms with Gasteiger partial charge in [-0.1, -0.05) is 20.8 Å². The van der Waals surface area contributed by atoms with E-state index in [1.807, 2.05) is 0 Å². The Bertz CT molecular complexity index is 401. The Morgan fingerprint density at radius 1 is 1.45 bits per heavy atom. The number of piperidine rings is 1. The van der Waals surface area contributed by atoms with Crippen LogP contribution in [0.1, 0.15) is 40.0 Å². The molecule has 0 spiro atoms. The lowest BCUT2D eigenvalue weighted by Crippen LogP contribution is -2.57. The second kappa shape index (κ2) is 6.59. The maximum atomic E-state index is 11.9. The van der Waals surface area contributed by atoms with Gasteiger partial charge in [0.1, 0.15) is 0 Å². The van der Waals surface area contributed by atoms with E-state index in [1.165, 1.54) is 0 Å². The van der Waals surface area contributed by atoms with Gasteiger partial charge in [0, 0.05) is 26.1 Å². The molecular weight excluding hydrogens is 296 g/mol. The molecule has 2 aliphatic rings. The molecule has 2 atom stereocenters. The number of carbonyl (C=O) groups is 1. The fourth-order valence-electron chi connectivity index (χ4n) is 2.81. The summed E-state index contributed by atoms with van der Waals surface area (Å²) in [6.07, 6.45) is 2.85.